The Balaban J connectivity index is 1.81. The lowest BCUT2D eigenvalue weighted by Crippen LogP contribution is -2.38. The summed E-state index contributed by atoms with van der Waals surface area (Å²) >= 11 is 6.53. The molecule has 1 aromatic carbocycles. The summed E-state index contributed by atoms with van der Waals surface area (Å²) in [5.74, 6) is 0. The molecule has 2 aliphatic rings. The van der Waals surface area contributed by atoms with Gasteiger partial charge in [-0.25, -0.2) is 0 Å². The lowest BCUT2D eigenvalue weighted by Gasteiger charge is -2.25. The first-order valence-corrected chi connectivity index (χ1v) is 9.26. The quantitative estimate of drug-likeness (QED) is 0.549. The van der Waals surface area contributed by atoms with Gasteiger partial charge in [-0.2, -0.15) is 0 Å². The molecule has 2 aliphatic heterocycles. The van der Waals surface area contributed by atoms with Crippen molar-refractivity contribution in [1.29, 1.82) is 0 Å². The first-order chi connectivity index (χ1) is 9.11. The van der Waals surface area contributed by atoms with Crippen LogP contribution in [0.4, 0.5) is 0 Å². The average Bonchev–Trinajstić information content (AvgIpc) is 2.69. The second kappa shape index (κ2) is 6.08. The van der Waals surface area contributed by atoms with Crippen LogP contribution < -0.4 is 16.4 Å². The van der Waals surface area contributed by atoms with Gasteiger partial charge < -0.3 is 16.4 Å². The van der Waals surface area contributed by atoms with Gasteiger partial charge in [-0.15, -0.1) is 0 Å². The van der Waals surface area contributed by atoms with Crippen LogP contribution in [0.15, 0.2) is 28.8 Å². The number of benzene rings is 1. The van der Waals surface area contributed by atoms with Crippen molar-refractivity contribution in [2.24, 2.45) is 5.73 Å². The fourth-order valence-electron chi connectivity index (χ4n) is 2.56. The van der Waals surface area contributed by atoms with Crippen molar-refractivity contribution in [2.75, 3.05) is 6.54 Å². The molecule has 0 saturated heterocycles. The highest BCUT2D eigenvalue weighted by molar-refractivity contribution is 14.1. The van der Waals surface area contributed by atoms with Crippen LogP contribution in [0.1, 0.15) is 12.0 Å². The molecule has 3 nitrogen and oxygen atoms in total. The van der Waals surface area contributed by atoms with Gasteiger partial charge in [-0.3, -0.25) is 0 Å². The van der Waals surface area contributed by atoms with E-state index in [1.807, 2.05) is 0 Å². The minimum absolute atomic E-state index is 0.0310. The topological polar surface area (TPSA) is 50.1 Å². The molecule has 102 valence electrons. The zero-order valence-electron chi connectivity index (χ0n) is 10.2. The molecule has 0 amide bonds. The minimum Gasteiger partial charge on any atom is -0.364 e. The third-order valence-electron chi connectivity index (χ3n) is 3.31. The maximum absolute atomic E-state index is 5.98. The Labute approximate surface area is 144 Å². The van der Waals surface area contributed by atoms with Gasteiger partial charge in [0.25, 0.3) is 0 Å². The molecule has 4 N–H and O–H groups in total. The van der Waals surface area contributed by atoms with E-state index in [1.165, 1.54) is 23.3 Å². The Bertz CT molecular complexity index is 512. The van der Waals surface area contributed by atoms with Crippen LogP contribution in [0.3, 0.4) is 0 Å². The standard InChI is InChI=1S/C13H15I2N3S/c14-8-3-7(4-9(15)6-8)5-11-12-10(1-2-17-11)18-13(16)19-12/h3-4,6,11,13,17-18H,1-2,5,16H2. The van der Waals surface area contributed by atoms with Gasteiger partial charge in [-0.05, 0) is 75.4 Å². The number of thioether (sulfide) groups is 1. The van der Waals surface area contributed by atoms with Crippen LogP contribution in [-0.4, -0.2) is 18.1 Å². The Hall–Kier alpha value is 0.490. The van der Waals surface area contributed by atoms with Crippen molar-refractivity contribution in [3.8, 4) is 0 Å². The monoisotopic (exact) mass is 499 g/mol. The van der Waals surface area contributed by atoms with Crippen LogP contribution >= 0.6 is 56.9 Å². The van der Waals surface area contributed by atoms with Gasteiger partial charge in [0, 0.05) is 36.7 Å². The second-order valence-corrected chi connectivity index (χ2v) is 8.44. The molecule has 2 unspecified atom stereocenters. The molecule has 0 aromatic heterocycles. The third kappa shape index (κ3) is 3.39. The van der Waals surface area contributed by atoms with Gasteiger partial charge in [0.1, 0.15) is 5.50 Å². The second-order valence-electron chi connectivity index (χ2n) is 4.76. The molecule has 0 spiro atoms. The highest BCUT2D eigenvalue weighted by atomic mass is 127. The number of hydrogen-bond acceptors (Lipinski definition) is 4. The average molecular weight is 499 g/mol. The lowest BCUT2D eigenvalue weighted by molar-refractivity contribution is 0.538. The normalized spacial score (nSPS) is 26.3. The van der Waals surface area contributed by atoms with Crippen molar-refractivity contribution in [2.45, 2.75) is 24.4 Å². The van der Waals surface area contributed by atoms with Crippen molar-refractivity contribution in [3.63, 3.8) is 0 Å². The van der Waals surface area contributed by atoms with E-state index >= 15 is 0 Å². The number of hydrogen-bond donors (Lipinski definition) is 3. The molecule has 0 fully saturated rings. The molecular weight excluding hydrogens is 484 g/mol. The summed E-state index contributed by atoms with van der Waals surface area (Å²) in [6.45, 7) is 1.03. The van der Waals surface area contributed by atoms with E-state index in [-0.39, 0.29) is 5.50 Å². The molecule has 2 heterocycles. The zero-order valence-corrected chi connectivity index (χ0v) is 15.4. The Morgan fingerprint density at radius 3 is 2.74 bits per heavy atom. The van der Waals surface area contributed by atoms with Crippen molar-refractivity contribution >= 4 is 56.9 Å². The van der Waals surface area contributed by atoms with Gasteiger partial charge >= 0.3 is 0 Å². The van der Waals surface area contributed by atoms with Gasteiger partial charge in [0.2, 0.25) is 0 Å². The van der Waals surface area contributed by atoms with Crippen molar-refractivity contribution < 1.29 is 0 Å². The molecule has 3 rings (SSSR count). The first-order valence-electron chi connectivity index (χ1n) is 6.22. The van der Waals surface area contributed by atoms with Crippen LogP contribution in [-0.2, 0) is 6.42 Å². The largest absolute Gasteiger partial charge is 0.364 e. The summed E-state index contributed by atoms with van der Waals surface area (Å²) in [5, 5.41) is 6.99. The van der Waals surface area contributed by atoms with E-state index < -0.39 is 0 Å². The molecule has 0 bridgehead atoms. The predicted octanol–water partition coefficient (Wildman–Crippen LogP) is 2.59. The van der Waals surface area contributed by atoms with E-state index in [9.17, 15) is 0 Å². The van der Waals surface area contributed by atoms with Gasteiger partial charge in [-0.1, -0.05) is 11.8 Å². The van der Waals surface area contributed by atoms with E-state index in [0.29, 0.717) is 6.04 Å². The van der Waals surface area contributed by atoms with E-state index in [2.05, 4.69) is 74.0 Å². The Kier molecular flexibility index (Phi) is 4.62. The minimum atomic E-state index is 0.0310. The summed E-state index contributed by atoms with van der Waals surface area (Å²) in [6.07, 6.45) is 2.10. The summed E-state index contributed by atoms with van der Waals surface area (Å²) < 4.78 is 2.61. The molecule has 1 aromatic rings. The highest BCUT2D eigenvalue weighted by Crippen LogP contribution is 2.35. The third-order valence-corrected chi connectivity index (χ3v) is 5.71. The Morgan fingerprint density at radius 2 is 2.00 bits per heavy atom. The maximum atomic E-state index is 5.98. The molecule has 6 heteroatoms. The van der Waals surface area contributed by atoms with E-state index in [4.69, 9.17) is 5.73 Å². The zero-order chi connectivity index (χ0) is 13.4. The molecule has 0 aliphatic carbocycles. The fourth-order valence-corrected chi connectivity index (χ4v) is 5.74. The number of nitrogens with two attached hydrogens (primary N) is 1. The van der Waals surface area contributed by atoms with Crippen LogP contribution in [0.2, 0.25) is 0 Å². The first kappa shape index (κ1) is 14.4. The molecule has 2 atom stereocenters. The highest BCUT2D eigenvalue weighted by Gasteiger charge is 2.30. The molecule has 19 heavy (non-hydrogen) atoms. The Morgan fingerprint density at radius 1 is 1.26 bits per heavy atom. The molecule has 0 saturated carbocycles. The van der Waals surface area contributed by atoms with E-state index in [0.717, 1.165) is 19.4 Å². The summed E-state index contributed by atoms with van der Waals surface area (Å²) in [7, 11) is 0. The van der Waals surface area contributed by atoms with Crippen molar-refractivity contribution in [1.82, 2.24) is 10.6 Å². The predicted molar refractivity (Wildman–Crippen MR) is 97.7 cm³/mol. The lowest BCUT2D eigenvalue weighted by atomic mass is 10.0. The smallest absolute Gasteiger partial charge is 0.127 e. The van der Waals surface area contributed by atoms with Gasteiger partial charge in [0.15, 0.2) is 0 Å². The summed E-state index contributed by atoms with van der Waals surface area (Å²) in [4.78, 5) is 1.41. The summed E-state index contributed by atoms with van der Waals surface area (Å²) in [6, 6.07) is 7.15. The maximum Gasteiger partial charge on any atom is 0.127 e. The summed E-state index contributed by atoms with van der Waals surface area (Å²) in [5.41, 5.74) is 8.75. The number of rotatable bonds is 2. The van der Waals surface area contributed by atoms with E-state index in [1.54, 1.807) is 11.8 Å². The fraction of sp³-hybridized carbons (Fsp3) is 0.385. The number of nitrogens with one attached hydrogen (secondary N) is 2. The van der Waals surface area contributed by atoms with Gasteiger partial charge in [0.05, 0.1) is 0 Å². The SMILES string of the molecule is NC1NC2=C(S1)C(Cc1cc(I)cc(I)c1)NCC2. The van der Waals surface area contributed by atoms with Crippen molar-refractivity contribution in [3.05, 3.63) is 41.5 Å². The van der Waals surface area contributed by atoms with Crippen LogP contribution in [0.25, 0.3) is 0 Å². The molecular formula is C13H15I2N3S. The number of halogens is 2. The van der Waals surface area contributed by atoms with Crippen LogP contribution in [0, 0.1) is 7.14 Å². The molecule has 0 radical (unpaired) electrons. The van der Waals surface area contributed by atoms with Crippen LogP contribution in [0.5, 0.6) is 0 Å².